The van der Waals surface area contributed by atoms with Crippen LogP contribution in [-0.4, -0.2) is 249 Å². The van der Waals surface area contributed by atoms with Crippen molar-refractivity contribution in [3.63, 3.8) is 0 Å². The molecule has 4 aliphatic heterocycles. The van der Waals surface area contributed by atoms with E-state index in [2.05, 4.69) is 0 Å². The van der Waals surface area contributed by atoms with Crippen molar-refractivity contribution in [1.29, 1.82) is 0 Å². The third-order valence-corrected chi connectivity index (χ3v) is 14.4. The Hall–Kier alpha value is -1.67. The topological polar surface area (TPSA) is 394 Å². The van der Waals surface area contributed by atoms with Crippen LogP contribution in [0.3, 0.4) is 0 Å². The van der Waals surface area contributed by atoms with Gasteiger partial charge < -0.3 is 114 Å². The van der Waals surface area contributed by atoms with Crippen LogP contribution in [-0.2, 0) is 42.7 Å². The summed E-state index contributed by atoms with van der Waals surface area (Å²) in [5.74, 6) is -2.20. The van der Waals surface area contributed by atoms with Gasteiger partial charge in [-0.15, -0.1) is 0 Å². The van der Waals surface area contributed by atoms with Crippen molar-refractivity contribution in [2.24, 2.45) is 17.8 Å². The van der Waals surface area contributed by atoms with Gasteiger partial charge in [0.1, 0.15) is 79.9 Å². The molecule has 7 fully saturated rings. The maximum absolute atomic E-state index is 12.6. The highest BCUT2D eigenvalue weighted by Gasteiger charge is 2.56. The molecule has 66 heavy (non-hydrogen) atoms. The van der Waals surface area contributed by atoms with E-state index in [0.717, 1.165) is 6.08 Å². The SMILES string of the molecule is O=C(C=CC1CCC(O)C(O)C1)OC[C@H]1O[C@@H](OC2CC(O)CC3OC(C4CCC(O)C(O)C4)C(O[C@@H]4O[C@H](CO)[C@@H](O)[C@H](O)[C@H]4O[C@@H]4O[C@H](CO)[C@@H](O)[C@H](O)[C@H]4O)CC32)[C@H](O)[C@@H](O)[C@@H]1O. The summed E-state index contributed by atoms with van der Waals surface area (Å²) in [4.78, 5) is 12.6. The molecule has 24 nitrogen and oxygen atoms in total. The Morgan fingerprint density at radius 2 is 1.08 bits per heavy atom. The van der Waals surface area contributed by atoms with Crippen molar-refractivity contribution in [3.05, 3.63) is 12.2 Å². The molecule has 7 aliphatic rings. The van der Waals surface area contributed by atoms with E-state index >= 15 is 0 Å². The number of carbonyl (C=O) groups excluding carboxylic acids is 1. The van der Waals surface area contributed by atoms with Gasteiger partial charge in [-0.05, 0) is 63.2 Å². The summed E-state index contributed by atoms with van der Waals surface area (Å²) >= 11 is 0. The molecule has 0 aromatic rings. The molecule has 12 unspecified atom stereocenters. The predicted octanol–water partition coefficient (Wildman–Crippen LogP) is -6.74. The number of allylic oxidation sites excluding steroid dienone is 1. The van der Waals surface area contributed by atoms with Gasteiger partial charge in [-0.25, -0.2) is 4.79 Å². The average molecular weight is 957 g/mol. The van der Waals surface area contributed by atoms with Crippen LogP contribution in [0.5, 0.6) is 0 Å². The number of ether oxygens (including phenoxy) is 8. The summed E-state index contributed by atoms with van der Waals surface area (Å²) in [6.45, 7) is -2.19. The van der Waals surface area contributed by atoms with E-state index in [9.17, 15) is 81.4 Å². The van der Waals surface area contributed by atoms with E-state index in [1.807, 2.05) is 0 Å². The Morgan fingerprint density at radius 1 is 0.515 bits per heavy atom. The zero-order valence-corrected chi connectivity index (χ0v) is 36.1. The maximum atomic E-state index is 12.6. The van der Waals surface area contributed by atoms with Crippen LogP contribution >= 0.6 is 0 Å². The van der Waals surface area contributed by atoms with Crippen molar-refractivity contribution in [1.82, 2.24) is 0 Å². The lowest BCUT2D eigenvalue weighted by Gasteiger charge is -2.53. The van der Waals surface area contributed by atoms with E-state index in [1.54, 1.807) is 6.08 Å². The van der Waals surface area contributed by atoms with Crippen molar-refractivity contribution in [2.45, 2.75) is 205 Å². The lowest BCUT2D eigenvalue weighted by Crippen LogP contribution is -2.66. The minimum atomic E-state index is -1.93. The van der Waals surface area contributed by atoms with E-state index in [-0.39, 0.29) is 44.4 Å². The van der Waals surface area contributed by atoms with Crippen molar-refractivity contribution in [3.8, 4) is 0 Å². The summed E-state index contributed by atoms with van der Waals surface area (Å²) in [6.07, 6.45) is -30.1. The van der Waals surface area contributed by atoms with Gasteiger partial charge >= 0.3 is 5.97 Å². The first-order valence-corrected chi connectivity index (χ1v) is 22.9. The molecule has 380 valence electrons. The molecule has 4 saturated heterocycles. The number of aliphatic hydroxyl groups excluding tert-OH is 15. The number of hydrogen-bond donors (Lipinski definition) is 15. The molecule has 7 rings (SSSR count). The summed E-state index contributed by atoms with van der Waals surface area (Å²) in [6, 6.07) is 0. The zero-order chi connectivity index (χ0) is 47.7. The van der Waals surface area contributed by atoms with Crippen molar-refractivity contribution >= 4 is 5.97 Å². The quantitative estimate of drug-likeness (QED) is 0.0603. The number of carbonyl (C=O) groups is 1. The Kier molecular flexibility index (Phi) is 17.9. The fourth-order valence-corrected chi connectivity index (χ4v) is 10.5. The number of fused-ring (bicyclic) bond motifs is 1. The second kappa shape index (κ2) is 22.6. The smallest absolute Gasteiger partial charge is 0.330 e. The van der Waals surface area contributed by atoms with E-state index in [1.165, 1.54) is 0 Å². The molecule has 24 heteroatoms. The molecule has 27 atom stereocenters. The van der Waals surface area contributed by atoms with Gasteiger partial charge in [0.15, 0.2) is 18.9 Å². The molecule has 3 saturated carbocycles. The van der Waals surface area contributed by atoms with Gasteiger partial charge in [0, 0.05) is 18.4 Å². The normalized spacial score (nSPS) is 51.6. The third-order valence-electron chi connectivity index (χ3n) is 14.4. The second-order valence-corrected chi connectivity index (χ2v) is 18.9. The molecular formula is C42H68O24. The fraction of sp³-hybridized carbons (Fsp3) is 0.929. The minimum absolute atomic E-state index is 0.00921. The molecule has 4 heterocycles. The van der Waals surface area contributed by atoms with Gasteiger partial charge in [0.05, 0.1) is 68.1 Å². The monoisotopic (exact) mass is 956 g/mol. The number of aliphatic hydroxyl groups is 15. The van der Waals surface area contributed by atoms with Crippen molar-refractivity contribution < 1.29 is 119 Å². The molecule has 0 aromatic heterocycles. The summed E-state index contributed by atoms with van der Waals surface area (Å²) in [5.41, 5.74) is 0. The van der Waals surface area contributed by atoms with Crippen LogP contribution in [0, 0.1) is 17.8 Å². The highest BCUT2D eigenvalue weighted by atomic mass is 16.8. The first kappa shape index (κ1) is 52.2. The number of hydrogen-bond acceptors (Lipinski definition) is 24. The molecule has 0 aromatic carbocycles. The lowest BCUT2D eigenvalue weighted by molar-refractivity contribution is -0.380. The molecule has 0 amide bonds. The fourth-order valence-electron chi connectivity index (χ4n) is 10.5. The average Bonchev–Trinajstić information content (AvgIpc) is 3.29. The number of esters is 1. The van der Waals surface area contributed by atoms with Crippen molar-refractivity contribution in [2.75, 3.05) is 19.8 Å². The molecule has 3 aliphatic carbocycles. The van der Waals surface area contributed by atoms with E-state index in [4.69, 9.17) is 37.9 Å². The molecule has 0 spiro atoms. The van der Waals surface area contributed by atoms with E-state index in [0.29, 0.717) is 19.3 Å². The Labute approximate surface area is 379 Å². The highest BCUT2D eigenvalue weighted by Crippen LogP contribution is 2.45. The maximum Gasteiger partial charge on any atom is 0.330 e. The molecule has 0 radical (unpaired) electrons. The molecule has 0 bridgehead atoms. The molecule has 15 N–H and O–H groups in total. The Morgan fingerprint density at radius 3 is 1.71 bits per heavy atom. The largest absolute Gasteiger partial charge is 0.460 e. The third kappa shape index (κ3) is 11.6. The van der Waals surface area contributed by atoms with Gasteiger partial charge in [-0.3, -0.25) is 0 Å². The van der Waals surface area contributed by atoms with Gasteiger partial charge in [-0.2, -0.15) is 0 Å². The van der Waals surface area contributed by atoms with Gasteiger partial charge in [0.25, 0.3) is 0 Å². The summed E-state index contributed by atoms with van der Waals surface area (Å²) in [7, 11) is 0. The van der Waals surface area contributed by atoms with Crippen LogP contribution in [0.4, 0.5) is 0 Å². The summed E-state index contributed by atoms with van der Waals surface area (Å²) < 4.78 is 48.1. The Balaban J connectivity index is 1.09. The standard InChI is InChI=1S/C42H68O24/c43-12-26-30(51)33(54)37(58)41(63-26)66-39-35(56)31(52)27(13-44)64-42(39)62-25-11-18-23(60-38(25)16-3-5-20(47)22(49)8-16)9-17(45)10-24(18)61-40-36(57)34(55)32(53)28(65-40)14-59-29(50)6-2-15-1-4-19(46)21(48)7-15/h2,6,15-28,30-49,51-58H,1,3-5,7-14H2/t15?,16?,17?,18?,19?,20?,21?,22?,23?,24?,25?,26-,27-,28-,30-,31-,32-,33+,34+,35+,36-,37-,38?,39-,40-,41+,42-/m1/s1. The first-order chi connectivity index (χ1) is 31.4. The first-order valence-electron chi connectivity index (χ1n) is 22.9. The zero-order valence-electron chi connectivity index (χ0n) is 36.1. The lowest BCUT2D eigenvalue weighted by atomic mass is 9.72. The summed E-state index contributed by atoms with van der Waals surface area (Å²) in [5, 5.41) is 158. The van der Waals surface area contributed by atoms with Gasteiger partial charge in [0.2, 0.25) is 0 Å². The van der Waals surface area contributed by atoms with Crippen LogP contribution in [0.15, 0.2) is 12.2 Å². The second-order valence-electron chi connectivity index (χ2n) is 18.9. The predicted molar refractivity (Wildman–Crippen MR) is 214 cm³/mol. The minimum Gasteiger partial charge on any atom is -0.460 e. The van der Waals surface area contributed by atoms with Crippen LogP contribution in [0.25, 0.3) is 0 Å². The van der Waals surface area contributed by atoms with E-state index < -0.39 is 185 Å². The number of rotatable bonds is 13. The van der Waals surface area contributed by atoms with Gasteiger partial charge in [-0.1, -0.05) is 6.08 Å². The Bertz CT molecular complexity index is 1580. The molecular weight excluding hydrogens is 888 g/mol. The van der Waals surface area contributed by atoms with Crippen LogP contribution < -0.4 is 0 Å². The van der Waals surface area contributed by atoms with Crippen LogP contribution in [0.1, 0.15) is 57.8 Å². The van der Waals surface area contributed by atoms with Crippen LogP contribution in [0.2, 0.25) is 0 Å². The highest BCUT2D eigenvalue weighted by molar-refractivity contribution is 5.81.